The van der Waals surface area contributed by atoms with Gasteiger partial charge < -0.3 is 20.1 Å². The van der Waals surface area contributed by atoms with Gasteiger partial charge in [0, 0.05) is 18.5 Å². The Hall–Kier alpha value is -1.73. The summed E-state index contributed by atoms with van der Waals surface area (Å²) in [5.74, 6) is -2.56. The van der Waals surface area contributed by atoms with E-state index in [2.05, 4.69) is 10.6 Å². The second-order valence-corrected chi connectivity index (χ2v) is 5.35. The van der Waals surface area contributed by atoms with Crippen molar-refractivity contribution in [2.45, 2.75) is 32.1 Å². The molecule has 0 bridgehead atoms. The first kappa shape index (κ1) is 16.6. The minimum atomic E-state index is -0.949. The molecular weight excluding hydrogens is 294 g/mol. The van der Waals surface area contributed by atoms with Crippen LogP contribution in [-0.4, -0.2) is 31.6 Å². The Bertz CT molecular complexity index is 534. The Morgan fingerprint density at radius 1 is 1.36 bits per heavy atom. The van der Waals surface area contributed by atoms with E-state index in [0.717, 1.165) is 6.07 Å². The van der Waals surface area contributed by atoms with Crippen LogP contribution in [0.2, 0.25) is 0 Å². The molecule has 2 rings (SSSR count). The molecule has 1 saturated heterocycles. The van der Waals surface area contributed by atoms with Crippen LogP contribution < -0.4 is 10.6 Å². The van der Waals surface area contributed by atoms with E-state index in [1.54, 1.807) is 6.92 Å². The molecule has 1 aliphatic rings. The van der Waals surface area contributed by atoms with Gasteiger partial charge in [0.1, 0.15) is 0 Å². The summed E-state index contributed by atoms with van der Waals surface area (Å²) >= 11 is 0. The van der Waals surface area contributed by atoms with Crippen LogP contribution in [-0.2, 0) is 9.47 Å². The molecule has 1 heterocycles. The molecule has 2 amide bonds. The average molecular weight is 314 g/mol. The normalized spacial score (nSPS) is 18.0. The predicted molar refractivity (Wildman–Crippen MR) is 76.2 cm³/mol. The standard InChI is InChI=1S/C15H20F2N2O3/c1-10(11-4-3-5-12(16)13(11)17)19-14(20)18-7-6-15(2)21-8-9-22-15/h3-5,10H,6-9H2,1-2H3,(H2,18,19,20)/t10-/m1/s1. The second-order valence-electron chi connectivity index (χ2n) is 5.35. The molecule has 0 spiro atoms. The van der Waals surface area contributed by atoms with Gasteiger partial charge in [0.2, 0.25) is 0 Å². The SMILES string of the molecule is C[C@@H](NC(=O)NCCC1(C)OCCO1)c1cccc(F)c1F. The molecule has 0 aromatic heterocycles. The van der Waals surface area contributed by atoms with Crippen LogP contribution in [0.15, 0.2) is 18.2 Å². The fourth-order valence-electron chi connectivity index (χ4n) is 2.28. The van der Waals surface area contributed by atoms with Crippen molar-refractivity contribution in [3.8, 4) is 0 Å². The first-order chi connectivity index (χ1) is 10.4. The molecule has 0 radical (unpaired) electrons. The maximum atomic E-state index is 13.6. The van der Waals surface area contributed by atoms with E-state index < -0.39 is 29.5 Å². The molecule has 0 unspecified atom stereocenters. The Morgan fingerprint density at radius 2 is 2.05 bits per heavy atom. The second kappa shape index (κ2) is 7.02. The number of carbonyl (C=O) groups is 1. The van der Waals surface area contributed by atoms with Gasteiger partial charge in [0.25, 0.3) is 0 Å². The fourth-order valence-corrected chi connectivity index (χ4v) is 2.28. The minimum absolute atomic E-state index is 0.101. The first-order valence-corrected chi connectivity index (χ1v) is 7.17. The van der Waals surface area contributed by atoms with Gasteiger partial charge in [-0.25, -0.2) is 13.6 Å². The molecule has 1 fully saturated rings. The zero-order valence-corrected chi connectivity index (χ0v) is 12.6. The third-order valence-electron chi connectivity index (χ3n) is 3.56. The van der Waals surface area contributed by atoms with E-state index in [1.165, 1.54) is 12.1 Å². The third-order valence-corrected chi connectivity index (χ3v) is 3.56. The van der Waals surface area contributed by atoms with Crippen LogP contribution in [0.25, 0.3) is 0 Å². The van der Waals surface area contributed by atoms with E-state index in [4.69, 9.17) is 9.47 Å². The van der Waals surface area contributed by atoms with E-state index >= 15 is 0 Å². The van der Waals surface area contributed by atoms with Crippen LogP contribution in [0, 0.1) is 11.6 Å². The summed E-state index contributed by atoms with van der Waals surface area (Å²) in [6.07, 6.45) is 0.503. The Morgan fingerprint density at radius 3 is 2.73 bits per heavy atom. The highest BCUT2D eigenvalue weighted by Crippen LogP contribution is 2.22. The van der Waals surface area contributed by atoms with Crippen LogP contribution in [0.4, 0.5) is 13.6 Å². The molecule has 0 saturated carbocycles. The first-order valence-electron chi connectivity index (χ1n) is 7.17. The summed E-state index contributed by atoms with van der Waals surface area (Å²) in [5.41, 5.74) is 0.101. The average Bonchev–Trinajstić information content (AvgIpc) is 2.88. The summed E-state index contributed by atoms with van der Waals surface area (Å²) in [4.78, 5) is 11.8. The van der Waals surface area contributed by atoms with E-state index in [1.807, 2.05) is 6.92 Å². The van der Waals surface area contributed by atoms with Crippen molar-refractivity contribution in [2.75, 3.05) is 19.8 Å². The topological polar surface area (TPSA) is 59.6 Å². The molecule has 22 heavy (non-hydrogen) atoms. The zero-order chi connectivity index (χ0) is 16.2. The highest BCUT2D eigenvalue weighted by molar-refractivity contribution is 5.74. The molecular formula is C15H20F2N2O3. The number of hydrogen-bond acceptors (Lipinski definition) is 3. The Labute approximate surface area is 128 Å². The highest BCUT2D eigenvalue weighted by Gasteiger charge is 2.30. The predicted octanol–water partition coefficient (Wildman–Crippen LogP) is 2.48. The van der Waals surface area contributed by atoms with Gasteiger partial charge in [-0.3, -0.25) is 0 Å². The van der Waals surface area contributed by atoms with Gasteiger partial charge in [-0.05, 0) is 19.9 Å². The van der Waals surface area contributed by atoms with Gasteiger partial charge in [-0.2, -0.15) is 0 Å². The summed E-state index contributed by atoms with van der Waals surface area (Å²) < 4.78 is 37.6. The Balaban J connectivity index is 1.80. The van der Waals surface area contributed by atoms with Gasteiger partial charge in [0.05, 0.1) is 19.3 Å². The largest absolute Gasteiger partial charge is 0.348 e. The molecule has 7 heteroatoms. The molecule has 1 aliphatic heterocycles. The quantitative estimate of drug-likeness (QED) is 0.878. The molecule has 2 N–H and O–H groups in total. The number of hydrogen-bond donors (Lipinski definition) is 2. The van der Waals surface area contributed by atoms with Crippen molar-refractivity contribution in [3.63, 3.8) is 0 Å². The van der Waals surface area contributed by atoms with Gasteiger partial charge in [-0.1, -0.05) is 12.1 Å². The fraction of sp³-hybridized carbons (Fsp3) is 0.533. The zero-order valence-electron chi connectivity index (χ0n) is 12.6. The van der Waals surface area contributed by atoms with Crippen molar-refractivity contribution in [2.24, 2.45) is 0 Å². The lowest BCUT2D eigenvalue weighted by Crippen LogP contribution is -2.40. The Kier molecular flexibility index (Phi) is 5.31. The molecule has 5 nitrogen and oxygen atoms in total. The summed E-state index contributed by atoms with van der Waals surface area (Å²) in [6.45, 7) is 4.82. The molecule has 1 atom stereocenters. The van der Waals surface area contributed by atoms with Crippen LogP contribution in [0.1, 0.15) is 31.9 Å². The number of amides is 2. The van der Waals surface area contributed by atoms with Crippen LogP contribution in [0.5, 0.6) is 0 Å². The van der Waals surface area contributed by atoms with Crippen molar-refractivity contribution in [1.29, 1.82) is 0 Å². The maximum Gasteiger partial charge on any atom is 0.315 e. The number of halogens is 2. The lowest BCUT2D eigenvalue weighted by Gasteiger charge is -2.22. The van der Waals surface area contributed by atoms with Gasteiger partial charge >= 0.3 is 6.03 Å². The van der Waals surface area contributed by atoms with E-state index in [9.17, 15) is 13.6 Å². The van der Waals surface area contributed by atoms with Crippen LogP contribution >= 0.6 is 0 Å². The number of ether oxygens (including phenoxy) is 2. The van der Waals surface area contributed by atoms with Gasteiger partial charge in [-0.15, -0.1) is 0 Å². The lowest BCUT2D eigenvalue weighted by atomic mass is 10.1. The minimum Gasteiger partial charge on any atom is -0.348 e. The summed E-state index contributed by atoms with van der Waals surface area (Å²) in [7, 11) is 0. The summed E-state index contributed by atoms with van der Waals surface area (Å²) in [5, 5.41) is 5.21. The highest BCUT2D eigenvalue weighted by atomic mass is 19.2. The molecule has 122 valence electrons. The smallest absolute Gasteiger partial charge is 0.315 e. The number of rotatable bonds is 5. The molecule has 1 aromatic rings. The number of benzene rings is 1. The summed E-state index contributed by atoms with van der Waals surface area (Å²) in [6, 6.07) is 2.76. The van der Waals surface area contributed by atoms with E-state index in [-0.39, 0.29) is 5.56 Å². The monoisotopic (exact) mass is 314 g/mol. The molecule has 0 aliphatic carbocycles. The van der Waals surface area contributed by atoms with Crippen molar-refractivity contribution < 1.29 is 23.0 Å². The number of nitrogens with one attached hydrogen (secondary N) is 2. The van der Waals surface area contributed by atoms with Crippen molar-refractivity contribution in [1.82, 2.24) is 10.6 Å². The van der Waals surface area contributed by atoms with Crippen LogP contribution in [0.3, 0.4) is 0 Å². The van der Waals surface area contributed by atoms with E-state index in [0.29, 0.717) is 26.2 Å². The number of urea groups is 1. The lowest BCUT2D eigenvalue weighted by molar-refractivity contribution is -0.145. The van der Waals surface area contributed by atoms with Crippen molar-refractivity contribution >= 4 is 6.03 Å². The number of carbonyl (C=O) groups excluding carboxylic acids is 1. The third kappa shape index (κ3) is 4.14. The van der Waals surface area contributed by atoms with Crippen molar-refractivity contribution in [3.05, 3.63) is 35.4 Å². The van der Waals surface area contributed by atoms with Gasteiger partial charge in [0.15, 0.2) is 17.4 Å². The maximum absolute atomic E-state index is 13.6. The molecule has 1 aromatic carbocycles.